The van der Waals surface area contributed by atoms with Gasteiger partial charge < -0.3 is 14.5 Å². The highest BCUT2D eigenvalue weighted by Gasteiger charge is 2.07. The minimum atomic E-state index is -0.399. The Morgan fingerprint density at radius 3 is 2.79 bits per heavy atom. The van der Waals surface area contributed by atoms with E-state index in [1.165, 1.54) is 4.57 Å². The summed E-state index contributed by atoms with van der Waals surface area (Å²) in [5, 5.41) is 2.83. The molecule has 3 rings (SSSR count). The summed E-state index contributed by atoms with van der Waals surface area (Å²) in [6.07, 6.45) is 0.275. The summed E-state index contributed by atoms with van der Waals surface area (Å²) in [4.78, 5) is 23.3. The van der Waals surface area contributed by atoms with Crippen molar-refractivity contribution in [2.24, 2.45) is 7.05 Å². The molecule has 0 atom stereocenters. The van der Waals surface area contributed by atoms with E-state index >= 15 is 0 Å². The van der Waals surface area contributed by atoms with Gasteiger partial charge in [-0.1, -0.05) is 24.3 Å². The lowest BCUT2D eigenvalue weighted by atomic mass is 10.2. The maximum Gasteiger partial charge on any atom is 0.419 e. The Labute approximate surface area is 138 Å². The van der Waals surface area contributed by atoms with Crippen molar-refractivity contribution in [2.45, 2.75) is 13.0 Å². The van der Waals surface area contributed by atoms with Gasteiger partial charge in [-0.2, -0.15) is 0 Å². The number of nitrogens with zero attached hydrogens (tertiary/aromatic N) is 1. The van der Waals surface area contributed by atoms with E-state index in [0.29, 0.717) is 18.7 Å². The van der Waals surface area contributed by atoms with E-state index in [9.17, 15) is 9.59 Å². The first kappa shape index (κ1) is 15.9. The number of aromatic nitrogens is 1. The number of hydrogen-bond donors (Lipinski definition) is 1. The number of fused-ring (bicyclic) bond motifs is 1. The quantitative estimate of drug-likeness (QED) is 0.754. The molecule has 0 radical (unpaired) electrons. The average Bonchev–Trinajstić information content (AvgIpc) is 2.88. The highest BCUT2D eigenvalue weighted by molar-refractivity contribution is 5.77. The molecule has 24 heavy (non-hydrogen) atoms. The first-order valence-electron chi connectivity index (χ1n) is 7.66. The second kappa shape index (κ2) is 7.04. The second-order valence-electron chi connectivity index (χ2n) is 5.42. The van der Waals surface area contributed by atoms with Gasteiger partial charge >= 0.3 is 5.76 Å². The molecule has 0 aliphatic carbocycles. The van der Waals surface area contributed by atoms with Crippen LogP contribution < -0.4 is 15.8 Å². The van der Waals surface area contributed by atoms with Gasteiger partial charge in [0.25, 0.3) is 0 Å². The zero-order valence-corrected chi connectivity index (χ0v) is 13.3. The van der Waals surface area contributed by atoms with Crippen LogP contribution in [0.3, 0.4) is 0 Å². The zero-order chi connectivity index (χ0) is 16.9. The summed E-state index contributed by atoms with van der Waals surface area (Å²) in [6.45, 7) is 0.696. The van der Waals surface area contributed by atoms with E-state index in [0.717, 1.165) is 16.8 Å². The van der Waals surface area contributed by atoms with Gasteiger partial charge in [-0.05, 0) is 29.8 Å². The lowest BCUT2D eigenvalue weighted by Crippen LogP contribution is -2.24. The molecule has 0 saturated heterocycles. The predicted octanol–water partition coefficient (Wildman–Crippen LogP) is 2.22. The molecule has 1 amide bonds. The van der Waals surface area contributed by atoms with Crippen LogP contribution in [0.2, 0.25) is 0 Å². The van der Waals surface area contributed by atoms with Crippen molar-refractivity contribution < 1.29 is 13.9 Å². The number of nitrogens with one attached hydrogen (secondary N) is 1. The van der Waals surface area contributed by atoms with E-state index in [-0.39, 0.29) is 12.3 Å². The summed E-state index contributed by atoms with van der Waals surface area (Å²) < 4.78 is 12.1. The van der Waals surface area contributed by atoms with E-state index in [1.54, 1.807) is 19.2 Å². The summed E-state index contributed by atoms with van der Waals surface area (Å²) >= 11 is 0. The molecule has 6 heteroatoms. The van der Waals surface area contributed by atoms with Crippen molar-refractivity contribution in [3.63, 3.8) is 0 Å². The number of hydrogen-bond acceptors (Lipinski definition) is 4. The van der Waals surface area contributed by atoms with Crippen molar-refractivity contribution in [3.8, 4) is 5.75 Å². The monoisotopic (exact) mass is 326 g/mol. The molecule has 0 aliphatic rings. The van der Waals surface area contributed by atoms with Crippen LogP contribution in [-0.2, 0) is 18.4 Å². The van der Waals surface area contributed by atoms with Gasteiger partial charge in [-0.15, -0.1) is 0 Å². The molecule has 6 nitrogen and oxygen atoms in total. The molecule has 0 unspecified atom stereocenters. The van der Waals surface area contributed by atoms with Gasteiger partial charge in [-0.25, -0.2) is 4.79 Å². The molecule has 1 aromatic heterocycles. The average molecular weight is 326 g/mol. The lowest BCUT2D eigenvalue weighted by molar-refractivity contribution is -0.121. The summed E-state index contributed by atoms with van der Waals surface area (Å²) in [7, 11) is 1.66. The normalized spacial score (nSPS) is 10.7. The number of amides is 1. The third-order valence-corrected chi connectivity index (χ3v) is 3.69. The fourth-order valence-electron chi connectivity index (χ4n) is 2.36. The summed E-state index contributed by atoms with van der Waals surface area (Å²) in [5.74, 6) is 0.250. The van der Waals surface area contributed by atoms with E-state index in [2.05, 4.69) is 5.32 Å². The Bertz CT molecular complexity index is 896. The smallest absolute Gasteiger partial charge is 0.419 e. The number of aryl methyl sites for hydroxylation is 1. The van der Waals surface area contributed by atoms with Crippen LogP contribution in [0.5, 0.6) is 5.75 Å². The molecule has 0 fully saturated rings. The number of para-hydroxylation sites is 1. The van der Waals surface area contributed by atoms with Gasteiger partial charge in [0.1, 0.15) is 5.75 Å². The topological polar surface area (TPSA) is 73.5 Å². The third-order valence-electron chi connectivity index (χ3n) is 3.69. The van der Waals surface area contributed by atoms with Crippen molar-refractivity contribution >= 4 is 17.0 Å². The Morgan fingerprint density at radius 2 is 2.00 bits per heavy atom. The molecule has 1 heterocycles. The number of carbonyl (C=O) groups excluding carboxylic acids is 1. The fourth-order valence-corrected chi connectivity index (χ4v) is 2.36. The molecule has 0 saturated carbocycles. The highest BCUT2D eigenvalue weighted by Crippen LogP contribution is 2.14. The largest absolute Gasteiger partial charge is 0.493 e. The van der Waals surface area contributed by atoms with Crippen molar-refractivity contribution in [1.82, 2.24) is 9.88 Å². The molecular formula is C18H18N2O4. The maximum atomic E-state index is 11.9. The molecule has 3 aromatic rings. The Kier molecular flexibility index (Phi) is 4.65. The Balaban J connectivity index is 1.50. The number of carbonyl (C=O) groups is 1. The van der Waals surface area contributed by atoms with Crippen LogP contribution in [0.15, 0.2) is 57.7 Å². The first-order valence-corrected chi connectivity index (χ1v) is 7.66. The van der Waals surface area contributed by atoms with Gasteiger partial charge in [0.2, 0.25) is 5.91 Å². The number of ether oxygens (including phenoxy) is 1. The number of benzene rings is 2. The van der Waals surface area contributed by atoms with Crippen molar-refractivity contribution in [3.05, 3.63) is 64.6 Å². The molecule has 0 aliphatic heterocycles. The summed E-state index contributed by atoms with van der Waals surface area (Å²) in [5.41, 5.74) is 2.11. The Morgan fingerprint density at radius 1 is 1.21 bits per heavy atom. The zero-order valence-electron chi connectivity index (χ0n) is 13.3. The lowest BCUT2D eigenvalue weighted by Gasteiger charge is -2.07. The van der Waals surface area contributed by atoms with Crippen LogP contribution in [0.1, 0.15) is 12.0 Å². The van der Waals surface area contributed by atoms with Gasteiger partial charge in [-0.3, -0.25) is 9.36 Å². The van der Waals surface area contributed by atoms with Crippen LogP contribution in [0, 0.1) is 0 Å². The summed E-state index contributed by atoms with van der Waals surface area (Å²) in [6, 6.07) is 14.8. The molecular weight excluding hydrogens is 308 g/mol. The van der Waals surface area contributed by atoms with Gasteiger partial charge in [0.05, 0.1) is 18.5 Å². The van der Waals surface area contributed by atoms with E-state index < -0.39 is 5.76 Å². The van der Waals surface area contributed by atoms with E-state index in [4.69, 9.17) is 9.15 Å². The maximum absolute atomic E-state index is 11.9. The minimum absolute atomic E-state index is 0.0967. The molecule has 124 valence electrons. The van der Waals surface area contributed by atoms with Gasteiger partial charge in [0, 0.05) is 13.6 Å². The molecule has 2 aromatic carbocycles. The van der Waals surface area contributed by atoms with Crippen molar-refractivity contribution in [1.29, 1.82) is 0 Å². The fraction of sp³-hybridized carbons (Fsp3) is 0.222. The van der Waals surface area contributed by atoms with Crippen LogP contribution in [0.25, 0.3) is 11.1 Å². The van der Waals surface area contributed by atoms with Crippen LogP contribution >= 0.6 is 0 Å². The van der Waals surface area contributed by atoms with Crippen LogP contribution in [-0.4, -0.2) is 17.1 Å². The highest BCUT2D eigenvalue weighted by atomic mass is 16.5. The van der Waals surface area contributed by atoms with E-state index in [1.807, 2.05) is 36.4 Å². The third kappa shape index (κ3) is 3.65. The molecule has 0 spiro atoms. The molecule has 1 N–H and O–H groups in total. The van der Waals surface area contributed by atoms with Crippen molar-refractivity contribution in [2.75, 3.05) is 6.61 Å². The Hall–Kier alpha value is -3.02. The van der Waals surface area contributed by atoms with Crippen LogP contribution in [0.4, 0.5) is 0 Å². The minimum Gasteiger partial charge on any atom is -0.493 e. The van der Waals surface area contributed by atoms with Gasteiger partial charge in [0.15, 0.2) is 5.58 Å². The number of oxazole rings is 1. The SMILES string of the molecule is Cn1c(=O)oc2cc(CNC(=O)CCOc3ccccc3)ccc21. The first-order chi connectivity index (χ1) is 11.6. The second-order valence-corrected chi connectivity index (χ2v) is 5.42. The standard InChI is InChI=1S/C18H18N2O4/c1-20-15-8-7-13(11-16(15)24-18(20)22)12-19-17(21)9-10-23-14-5-3-2-4-6-14/h2-8,11H,9-10,12H2,1H3,(H,19,21). The number of rotatable bonds is 6. The predicted molar refractivity (Wildman–Crippen MR) is 89.9 cm³/mol. The molecule has 0 bridgehead atoms.